The molecular formula is C17H29IN4O. The summed E-state index contributed by atoms with van der Waals surface area (Å²) in [5, 5.41) is 9.45. The Morgan fingerprint density at radius 1 is 1.22 bits per heavy atom. The van der Waals surface area contributed by atoms with Crippen molar-refractivity contribution in [3.63, 3.8) is 0 Å². The van der Waals surface area contributed by atoms with Crippen LogP contribution in [-0.4, -0.2) is 31.0 Å². The van der Waals surface area contributed by atoms with E-state index in [-0.39, 0.29) is 35.4 Å². The van der Waals surface area contributed by atoms with Gasteiger partial charge in [0.15, 0.2) is 5.96 Å². The van der Waals surface area contributed by atoms with Crippen LogP contribution < -0.4 is 16.0 Å². The van der Waals surface area contributed by atoms with Crippen molar-refractivity contribution in [3.05, 3.63) is 35.4 Å². The minimum Gasteiger partial charge on any atom is -0.352 e. The van der Waals surface area contributed by atoms with Crippen molar-refractivity contribution >= 4 is 35.8 Å². The molecule has 0 spiro atoms. The first-order chi connectivity index (χ1) is 10.4. The number of amides is 1. The molecule has 0 atom stereocenters. The molecule has 0 saturated heterocycles. The molecule has 5 nitrogen and oxygen atoms in total. The molecule has 0 heterocycles. The second kappa shape index (κ2) is 10.5. The predicted octanol–water partition coefficient (Wildman–Crippen LogP) is 2.91. The molecule has 0 bridgehead atoms. The van der Waals surface area contributed by atoms with Crippen LogP contribution in [0.2, 0.25) is 0 Å². The predicted molar refractivity (Wildman–Crippen MR) is 108 cm³/mol. The molecule has 1 amide bonds. The monoisotopic (exact) mass is 432 g/mol. The van der Waals surface area contributed by atoms with Gasteiger partial charge >= 0.3 is 0 Å². The molecule has 6 heteroatoms. The van der Waals surface area contributed by atoms with Crippen LogP contribution in [0.1, 0.15) is 50.0 Å². The third kappa shape index (κ3) is 8.78. The van der Waals surface area contributed by atoms with Gasteiger partial charge in [0, 0.05) is 31.2 Å². The molecule has 1 aromatic carbocycles. The van der Waals surface area contributed by atoms with Crippen LogP contribution in [0.15, 0.2) is 29.3 Å². The first-order valence-corrected chi connectivity index (χ1v) is 7.71. The Bertz CT molecular complexity index is 524. The van der Waals surface area contributed by atoms with E-state index >= 15 is 0 Å². The number of nitrogens with one attached hydrogen (secondary N) is 3. The number of guanidine groups is 1. The number of hydrogen-bond acceptors (Lipinski definition) is 2. The largest absolute Gasteiger partial charge is 0.352 e. The van der Waals surface area contributed by atoms with E-state index in [1.807, 2.05) is 31.2 Å². The van der Waals surface area contributed by atoms with Crippen molar-refractivity contribution in [2.75, 3.05) is 13.6 Å². The second-order valence-corrected chi connectivity index (χ2v) is 6.26. The summed E-state index contributed by atoms with van der Waals surface area (Å²) in [5.74, 6) is 0.717. The zero-order valence-corrected chi connectivity index (χ0v) is 17.0. The van der Waals surface area contributed by atoms with Crippen molar-refractivity contribution in [2.45, 2.75) is 46.2 Å². The zero-order valence-electron chi connectivity index (χ0n) is 14.7. The van der Waals surface area contributed by atoms with E-state index in [4.69, 9.17) is 0 Å². The molecule has 1 aromatic rings. The third-order valence-electron chi connectivity index (χ3n) is 2.90. The minimum atomic E-state index is -0.0519. The molecule has 3 N–H and O–H groups in total. The van der Waals surface area contributed by atoms with Crippen LogP contribution in [0.3, 0.4) is 0 Å². The molecule has 0 aliphatic heterocycles. The van der Waals surface area contributed by atoms with Crippen LogP contribution in [0, 0.1) is 0 Å². The summed E-state index contributed by atoms with van der Waals surface area (Å²) in [7, 11) is 1.75. The lowest BCUT2D eigenvalue weighted by Crippen LogP contribution is -2.47. The molecule has 0 aliphatic carbocycles. The maximum Gasteiger partial charge on any atom is 0.251 e. The molecule has 0 fully saturated rings. The first kappa shape index (κ1) is 21.7. The minimum absolute atomic E-state index is 0. The van der Waals surface area contributed by atoms with Gasteiger partial charge in [-0.3, -0.25) is 9.79 Å². The Kier molecular flexibility index (Phi) is 9.87. The number of carbonyl (C=O) groups is 1. The second-order valence-electron chi connectivity index (χ2n) is 6.26. The first-order valence-electron chi connectivity index (χ1n) is 7.71. The van der Waals surface area contributed by atoms with Crippen molar-refractivity contribution in [3.8, 4) is 0 Å². The summed E-state index contributed by atoms with van der Waals surface area (Å²) in [6.45, 7) is 9.60. The maximum atomic E-state index is 12.0. The standard InChI is InChI=1S/C17H28N4O.HI/c1-6-10-19-15(22)14-9-7-8-13(11-14)12-20-16(18-5)21-17(2,3)4;/h7-9,11H,6,10,12H2,1-5H3,(H,19,22)(H2,18,20,21);1H. The summed E-state index contributed by atoms with van der Waals surface area (Å²) in [6, 6.07) is 7.63. The van der Waals surface area contributed by atoms with Gasteiger partial charge in [-0.25, -0.2) is 0 Å². The number of carbonyl (C=O) groups excluding carboxylic acids is 1. The number of nitrogens with zero attached hydrogens (tertiary/aromatic N) is 1. The summed E-state index contributed by atoms with van der Waals surface area (Å²) < 4.78 is 0. The van der Waals surface area contributed by atoms with Gasteiger partial charge in [-0.15, -0.1) is 24.0 Å². The van der Waals surface area contributed by atoms with E-state index in [9.17, 15) is 4.79 Å². The number of hydrogen-bond donors (Lipinski definition) is 3. The van der Waals surface area contributed by atoms with E-state index in [1.165, 1.54) is 0 Å². The quantitative estimate of drug-likeness (QED) is 0.381. The lowest BCUT2D eigenvalue weighted by molar-refractivity contribution is 0.0953. The highest BCUT2D eigenvalue weighted by molar-refractivity contribution is 14.0. The van der Waals surface area contributed by atoms with E-state index < -0.39 is 0 Å². The molecule has 0 aliphatic rings. The van der Waals surface area contributed by atoms with Gasteiger partial charge in [0.25, 0.3) is 5.91 Å². The fourth-order valence-electron chi connectivity index (χ4n) is 1.88. The van der Waals surface area contributed by atoms with Gasteiger partial charge in [0.2, 0.25) is 0 Å². The number of halogens is 1. The Labute approximate surface area is 156 Å². The number of aliphatic imine (C=N–C) groups is 1. The fourth-order valence-corrected chi connectivity index (χ4v) is 1.88. The normalized spacial score (nSPS) is 11.4. The van der Waals surface area contributed by atoms with Gasteiger partial charge < -0.3 is 16.0 Å². The summed E-state index contributed by atoms with van der Waals surface area (Å²) in [6.07, 6.45) is 0.932. The lowest BCUT2D eigenvalue weighted by atomic mass is 10.1. The smallest absolute Gasteiger partial charge is 0.251 e. The van der Waals surface area contributed by atoms with Gasteiger partial charge in [-0.1, -0.05) is 19.1 Å². The molecule has 0 saturated carbocycles. The van der Waals surface area contributed by atoms with Crippen molar-refractivity contribution in [1.82, 2.24) is 16.0 Å². The van der Waals surface area contributed by atoms with Crippen LogP contribution >= 0.6 is 24.0 Å². The van der Waals surface area contributed by atoms with E-state index in [1.54, 1.807) is 7.05 Å². The molecule has 0 unspecified atom stereocenters. The fraction of sp³-hybridized carbons (Fsp3) is 0.529. The highest BCUT2D eigenvalue weighted by Gasteiger charge is 2.11. The van der Waals surface area contributed by atoms with E-state index in [2.05, 4.69) is 41.7 Å². The van der Waals surface area contributed by atoms with Gasteiger partial charge in [-0.05, 0) is 44.9 Å². The zero-order chi connectivity index (χ0) is 16.6. The molecule has 0 radical (unpaired) electrons. The SMILES string of the molecule is CCCNC(=O)c1cccc(CNC(=NC)NC(C)(C)C)c1.I. The van der Waals surface area contributed by atoms with Crippen molar-refractivity contribution in [2.24, 2.45) is 4.99 Å². The molecule has 0 aromatic heterocycles. The topological polar surface area (TPSA) is 65.5 Å². The van der Waals surface area contributed by atoms with E-state index in [0.717, 1.165) is 17.9 Å². The number of rotatable bonds is 5. The van der Waals surface area contributed by atoms with Crippen LogP contribution in [0.4, 0.5) is 0 Å². The molecule has 1 rings (SSSR count). The van der Waals surface area contributed by atoms with Crippen LogP contribution in [0.25, 0.3) is 0 Å². The van der Waals surface area contributed by atoms with E-state index in [0.29, 0.717) is 18.7 Å². The molecular weight excluding hydrogens is 403 g/mol. The van der Waals surface area contributed by atoms with Gasteiger partial charge in [0.1, 0.15) is 0 Å². The lowest BCUT2D eigenvalue weighted by Gasteiger charge is -2.23. The Hall–Kier alpha value is -1.31. The van der Waals surface area contributed by atoms with Crippen molar-refractivity contribution < 1.29 is 4.79 Å². The van der Waals surface area contributed by atoms with Crippen LogP contribution in [-0.2, 0) is 6.54 Å². The summed E-state index contributed by atoms with van der Waals surface area (Å²) in [4.78, 5) is 16.2. The molecule has 130 valence electrons. The third-order valence-corrected chi connectivity index (χ3v) is 2.90. The highest BCUT2D eigenvalue weighted by Crippen LogP contribution is 2.06. The van der Waals surface area contributed by atoms with Gasteiger partial charge in [-0.2, -0.15) is 0 Å². The Balaban J connectivity index is 0.00000484. The van der Waals surface area contributed by atoms with Gasteiger partial charge in [0.05, 0.1) is 0 Å². The molecule has 23 heavy (non-hydrogen) atoms. The summed E-state index contributed by atoms with van der Waals surface area (Å²) >= 11 is 0. The average molecular weight is 432 g/mol. The Morgan fingerprint density at radius 2 is 1.91 bits per heavy atom. The summed E-state index contributed by atoms with van der Waals surface area (Å²) in [5.41, 5.74) is 1.68. The van der Waals surface area contributed by atoms with Crippen LogP contribution in [0.5, 0.6) is 0 Å². The maximum absolute atomic E-state index is 12.0. The average Bonchev–Trinajstić information content (AvgIpc) is 2.48. The highest BCUT2D eigenvalue weighted by atomic mass is 127. The Morgan fingerprint density at radius 3 is 2.48 bits per heavy atom. The number of benzene rings is 1. The van der Waals surface area contributed by atoms with Crippen molar-refractivity contribution in [1.29, 1.82) is 0 Å².